The van der Waals surface area contributed by atoms with E-state index in [1.165, 1.54) is 0 Å². The summed E-state index contributed by atoms with van der Waals surface area (Å²) in [5.41, 5.74) is 2.81. The molecule has 3 aromatic carbocycles. The lowest BCUT2D eigenvalue weighted by Gasteiger charge is -2.44. The Labute approximate surface area is 184 Å². The molecule has 31 heavy (non-hydrogen) atoms. The van der Waals surface area contributed by atoms with Crippen LogP contribution in [0, 0.1) is 0 Å². The number of nitrogens with one attached hydrogen (secondary N) is 1. The number of carbonyl (C=O) groups is 1. The van der Waals surface area contributed by atoms with Crippen molar-refractivity contribution in [3.8, 4) is 11.5 Å². The normalized spacial score (nSPS) is 22.9. The summed E-state index contributed by atoms with van der Waals surface area (Å²) in [6.45, 7) is 0. The molecule has 3 aromatic rings. The molecule has 154 valence electrons. The number of amides is 1. The van der Waals surface area contributed by atoms with E-state index in [-0.39, 0.29) is 11.9 Å². The van der Waals surface area contributed by atoms with Crippen LogP contribution in [0.4, 0.5) is 5.69 Å². The number of benzene rings is 3. The molecule has 0 aromatic heterocycles. The van der Waals surface area contributed by atoms with Crippen LogP contribution in [-0.2, 0) is 10.5 Å². The van der Waals surface area contributed by atoms with Crippen molar-refractivity contribution in [2.75, 3.05) is 12.4 Å². The average molecular weight is 432 g/mol. The molecule has 0 radical (unpaired) electrons. The van der Waals surface area contributed by atoms with Crippen LogP contribution in [-0.4, -0.2) is 23.7 Å². The fraction of sp³-hybridized carbons (Fsp3) is 0.167. The number of halogens is 1. The Hall–Kier alpha value is -3.51. The summed E-state index contributed by atoms with van der Waals surface area (Å²) in [4.78, 5) is 13.4. The molecule has 0 saturated heterocycles. The average Bonchev–Trinajstić information content (AvgIpc) is 3.35. The minimum Gasteiger partial charge on any atom is -0.497 e. The third-order valence-electron chi connectivity index (χ3n) is 6.09. The summed E-state index contributed by atoms with van der Waals surface area (Å²) >= 11 is 6.31. The van der Waals surface area contributed by atoms with E-state index >= 15 is 0 Å². The molecule has 6 nitrogen and oxygen atoms in total. The van der Waals surface area contributed by atoms with Crippen molar-refractivity contribution in [2.45, 2.75) is 18.2 Å². The van der Waals surface area contributed by atoms with Crippen molar-refractivity contribution in [2.24, 2.45) is 5.10 Å². The van der Waals surface area contributed by atoms with Gasteiger partial charge in [0.15, 0.2) is 0 Å². The van der Waals surface area contributed by atoms with E-state index in [0.717, 1.165) is 22.6 Å². The number of hydrazone groups is 1. The summed E-state index contributed by atoms with van der Waals surface area (Å²) in [5.74, 6) is 1.19. The highest BCUT2D eigenvalue weighted by molar-refractivity contribution is 6.31. The van der Waals surface area contributed by atoms with Gasteiger partial charge in [0.1, 0.15) is 11.5 Å². The van der Waals surface area contributed by atoms with Crippen LogP contribution in [0.15, 0.2) is 71.8 Å². The van der Waals surface area contributed by atoms with Gasteiger partial charge in [-0.3, -0.25) is 4.79 Å². The lowest BCUT2D eigenvalue weighted by Crippen LogP contribution is -2.55. The van der Waals surface area contributed by atoms with Gasteiger partial charge in [-0.25, -0.2) is 5.01 Å². The maximum absolute atomic E-state index is 13.4. The Morgan fingerprint density at radius 1 is 1.16 bits per heavy atom. The van der Waals surface area contributed by atoms with Crippen LogP contribution < -0.4 is 14.8 Å². The highest BCUT2D eigenvalue weighted by Crippen LogP contribution is 2.54. The van der Waals surface area contributed by atoms with Crippen molar-refractivity contribution in [3.63, 3.8) is 0 Å². The third kappa shape index (κ3) is 2.51. The van der Waals surface area contributed by atoms with Gasteiger partial charge in [-0.05, 0) is 54.1 Å². The van der Waals surface area contributed by atoms with E-state index < -0.39 is 5.72 Å². The predicted molar refractivity (Wildman–Crippen MR) is 118 cm³/mol. The maximum Gasteiger partial charge on any atom is 0.306 e. The fourth-order valence-electron chi connectivity index (χ4n) is 4.62. The number of nitrogens with zero attached hydrogens (tertiary/aromatic N) is 2. The highest BCUT2D eigenvalue weighted by atomic mass is 35.5. The first kappa shape index (κ1) is 18.3. The molecular formula is C24H18ClN3O3. The van der Waals surface area contributed by atoms with Gasteiger partial charge in [-0.1, -0.05) is 29.8 Å². The Bertz CT molecular complexity index is 1260. The lowest BCUT2D eigenvalue weighted by molar-refractivity contribution is -0.161. The zero-order valence-electron chi connectivity index (χ0n) is 16.6. The van der Waals surface area contributed by atoms with E-state index in [1.54, 1.807) is 30.3 Å². The van der Waals surface area contributed by atoms with Gasteiger partial charge >= 0.3 is 5.72 Å². The second kappa shape index (κ2) is 6.49. The number of carbonyl (C=O) groups excluding carboxylic acids is 1. The number of para-hydroxylation sites is 1. The largest absolute Gasteiger partial charge is 0.497 e. The Balaban J connectivity index is 1.54. The van der Waals surface area contributed by atoms with Crippen LogP contribution in [0.3, 0.4) is 0 Å². The number of methoxy groups -OCH3 is 1. The predicted octanol–water partition coefficient (Wildman–Crippen LogP) is 4.70. The Morgan fingerprint density at radius 3 is 2.77 bits per heavy atom. The van der Waals surface area contributed by atoms with Gasteiger partial charge in [0, 0.05) is 17.0 Å². The zero-order chi connectivity index (χ0) is 21.2. The van der Waals surface area contributed by atoms with Crippen molar-refractivity contribution in [1.82, 2.24) is 5.01 Å². The van der Waals surface area contributed by atoms with Gasteiger partial charge in [-0.15, -0.1) is 0 Å². The van der Waals surface area contributed by atoms with Crippen molar-refractivity contribution < 1.29 is 14.3 Å². The van der Waals surface area contributed by atoms with Gasteiger partial charge in [0.05, 0.1) is 30.1 Å². The molecule has 1 spiro atoms. The van der Waals surface area contributed by atoms with Gasteiger partial charge < -0.3 is 14.8 Å². The third-order valence-corrected chi connectivity index (χ3v) is 6.33. The number of hydrogen-bond donors (Lipinski definition) is 1. The Kier molecular flexibility index (Phi) is 3.83. The quantitative estimate of drug-likeness (QED) is 0.639. The van der Waals surface area contributed by atoms with Gasteiger partial charge in [-0.2, -0.15) is 5.10 Å². The van der Waals surface area contributed by atoms with E-state index in [2.05, 4.69) is 5.32 Å². The van der Waals surface area contributed by atoms with E-state index in [4.69, 9.17) is 26.2 Å². The minimum atomic E-state index is -1.41. The van der Waals surface area contributed by atoms with Crippen molar-refractivity contribution in [1.29, 1.82) is 0 Å². The zero-order valence-corrected chi connectivity index (χ0v) is 17.4. The molecule has 3 aliphatic heterocycles. The molecule has 2 atom stereocenters. The molecule has 3 heterocycles. The second-order valence-corrected chi connectivity index (χ2v) is 8.20. The van der Waals surface area contributed by atoms with Crippen LogP contribution in [0.2, 0.25) is 5.02 Å². The Morgan fingerprint density at radius 2 is 1.97 bits per heavy atom. The molecule has 2 unspecified atom stereocenters. The molecule has 6 rings (SSSR count). The molecular weight excluding hydrogens is 414 g/mol. The first-order chi connectivity index (χ1) is 15.1. The topological polar surface area (TPSA) is 63.2 Å². The summed E-state index contributed by atoms with van der Waals surface area (Å²) in [6.07, 6.45) is 0.650. The first-order valence-electron chi connectivity index (χ1n) is 10.0. The van der Waals surface area contributed by atoms with Crippen molar-refractivity contribution in [3.05, 3.63) is 88.4 Å². The molecule has 0 fully saturated rings. The first-order valence-corrected chi connectivity index (χ1v) is 10.4. The number of anilines is 1. The molecule has 0 saturated carbocycles. The molecule has 1 N–H and O–H groups in total. The standard InChI is InChI=1S/C24H18ClN3O3/c1-30-16-9-6-14(7-10-16)20-13-21-17-4-2-3-5-22(17)31-24(28(21)27-20)18-12-15(25)8-11-19(18)26-23(24)29/h2-12,21H,13H2,1H3,(H,26,29). The van der Waals surface area contributed by atoms with Crippen LogP contribution in [0.25, 0.3) is 0 Å². The highest BCUT2D eigenvalue weighted by Gasteiger charge is 2.60. The fourth-order valence-corrected chi connectivity index (χ4v) is 4.79. The number of fused-ring (bicyclic) bond motifs is 6. The summed E-state index contributed by atoms with van der Waals surface area (Å²) in [5, 5.41) is 10.2. The molecule has 3 aliphatic rings. The minimum absolute atomic E-state index is 0.141. The molecule has 0 aliphatic carbocycles. The monoisotopic (exact) mass is 431 g/mol. The lowest BCUT2D eigenvalue weighted by atomic mass is 9.92. The summed E-state index contributed by atoms with van der Waals surface area (Å²) in [7, 11) is 1.64. The second-order valence-electron chi connectivity index (χ2n) is 7.77. The van der Waals surface area contributed by atoms with Crippen LogP contribution in [0.1, 0.15) is 29.2 Å². The van der Waals surface area contributed by atoms with E-state index in [9.17, 15) is 4.79 Å². The number of hydrogen-bond acceptors (Lipinski definition) is 5. The van der Waals surface area contributed by atoms with Gasteiger partial charge in [0.2, 0.25) is 0 Å². The van der Waals surface area contributed by atoms with E-state index in [0.29, 0.717) is 28.4 Å². The summed E-state index contributed by atoms with van der Waals surface area (Å²) in [6, 6.07) is 20.8. The number of rotatable bonds is 2. The molecule has 1 amide bonds. The number of ether oxygens (including phenoxy) is 2. The molecule has 7 heteroatoms. The van der Waals surface area contributed by atoms with E-state index in [1.807, 2.05) is 48.5 Å². The molecule has 0 bridgehead atoms. The smallest absolute Gasteiger partial charge is 0.306 e. The summed E-state index contributed by atoms with van der Waals surface area (Å²) < 4.78 is 11.7. The van der Waals surface area contributed by atoms with Crippen molar-refractivity contribution >= 4 is 28.9 Å². The van der Waals surface area contributed by atoms with Gasteiger partial charge in [0.25, 0.3) is 5.91 Å². The van der Waals surface area contributed by atoms with Crippen LogP contribution >= 0.6 is 11.6 Å². The van der Waals surface area contributed by atoms with Crippen LogP contribution in [0.5, 0.6) is 11.5 Å². The maximum atomic E-state index is 13.4. The SMILES string of the molecule is COc1ccc(C2=NN3C(C2)c2ccccc2OC32C(=O)Nc3ccc(Cl)cc32)cc1.